The van der Waals surface area contributed by atoms with Crippen molar-refractivity contribution in [2.24, 2.45) is 0 Å². The molecular formula is C17H16ClFN2O4S. The van der Waals surface area contributed by atoms with E-state index in [-0.39, 0.29) is 28.4 Å². The number of halogens is 2. The standard InChI is InChI=1S/C17H16ClFN2O4S/c1-21(7-13(22)20-10-3-4-10)14(23)8-25-17(24)16-15(18)11-5-2-9(19)6-12(11)26-16/h2,5-6,10H,3-4,7-8H2,1H3,(H,20,22). The van der Waals surface area contributed by atoms with Gasteiger partial charge in [0.15, 0.2) is 6.61 Å². The molecule has 6 nitrogen and oxygen atoms in total. The summed E-state index contributed by atoms with van der Waals surface area (Å²) in [6, 6.07) is 4.22. The Labute approximate surface area is 157 Å². The van der Waals surface area contributed by atoms with Gasteiger partial charge in [-0.2, -0.15) is 0 Å². The first-order valence-electron chi connectivity index (χ1n) is 7.93. The number of thiophene rings is 1. The van der Waals surface area contributed by atoms with E-state index in [4.69, 9.17) is 16.3 Å². The third kappa shape index (κ3) is 4.31. The fourth-order valence-electron chi connectivity index (χ4n) is 2.28. The normalized spacial score (nSPS) is 13.5. The van der Waals surface area contributed by atoms with Crippen LogP contribution < -0.4 is 5.32 Å². The third-order valence-corrected chi connectivity index (χ3v) is 5.49. The van der Waals surface area contributed by atoms with Crippen LogP contribution in [0.5, 0.6) is 0 Å². The fourth-order valence-corrected chi connectivity index (χ4v) is 3.70. The molecule has 1 saturated carbocycles. The first-order valence-corrected chi connectivity index (χ1v) is 9.12. The van der Waals surface area contributed by atoms with Crippen molar-refractivity contribution in [1.29, 1.82) is 0 Å². The maximum absolute atomic E-state index is 13.3. The quantitative estimate of drug-likeness (QED) is 0.759. The molecule has 0 spiro atoms. The van der Waals surface area contributed by atoms with E-state index < -0.39 is 24.3 Å². The monoisotopic (exact) mass is 398 g/mol. The lowest BCUT2D eigenvalue weighted by Gasteiger charge is -2.16. The van der Waals surface area contributed by atoms with E-state index >= 15 is 0 Å². The summed E-state index contributed by atoms with van der Waals surface area (Å²) in [5.41, 5.74) is 0. The van der Waals surface area contributed by atoms with Crippen molar-refractivity contribution < 1.29 is 23.5 Å². The van der Waals surface area contributed by atoms with Gasteiger partial charge in [0.25, 0.3) is 5.91 Å². The Balaban J connectivity index is 1.56. The highest BCUT2D eigenvalue weighted by atomic mass is 35.5. The molecule has 3 rings (SSSR count). The van der Waals surface area contributed by atoms with Crippen molar-refractivity contribution >= 4 is 50.8 Å². The van der Waals surface area contributed by atoms with Crippen LogP contribution in [0.1, 0.15) is 22.5 Å². The van der Waals surface area contributed by atoms with E-state index in [2.05, 4.69) is 5.32 Å². The highest BCUT2D eigenvalue weighted by Crippen LogP contribution is 2.36. The molecule has 1 aliphatic rings. The van der Waals surface area contributed by atoms with Crippen molar-refractivity contribution in [3.8, 4) is 0 Å². The number of rotatable bonds is 6. The Hall–Kier alpha value is -2.19. The van der Waals surface area contributed by atoms with Crippen LogP contribution in [0.25, 0.3) is 10.1 Å². The fraction of sp³-hybridized carbons (Fsp3) is 0.353. The van der Waals surface area contributed by atoms with Gasteiger partial charge in [-0.25, -0.2) is 9.18 Å². The molecule has 1 aromatic heterocycles. The first kappa shape index (κ1) is 18.6. The van der Waals surface area contributed by atoms with Crippen LogP contribution in [0.3, 0.4) is 0 Å². The molecule has 1 aliphatic carbocycles. The molecule has 1 heterocycles. The molecule has 1 N–H and O–H groups in total. The molecule has 0 saturated heterocycles. The van der Waals surface area contributed by atoms with Gasteiger partial charge in [0.2, 0.25) is 5.91 Å². The minimum atomic E-state index is -0.763. The minimum absolute atomic E-state index is 0.101. The van der Waals surface area contributed by atoms with Gasteiger partial charge in [0.1, 0.15) is 10.7 Å². The van der Waals surface area contributed by atoms with Gasteiger partial charge in [0.05, 0.1) is 11.6 Å². The van der Waals surface area contributed by atoms with Crippen LogP contribution in [0.2, 0.25) is 5.02 Å². The third-order valence-electron chi connectivity index (χ3n) is 3.85. The zero-order chi connectivity index (χ0) is 18.8. The number of fused-ring (bicyclic) bond motifs is 1. The number of carbonyl (C=O) groups excluding carboxylic acids is 3. The number of nitrogens with zero attached hydrogens (tertiary/aromatic N) is 1. The van der Waals surface area contributed by atoms with Crippen LogP contribution in [-0.4, -0.2) is 48.9 Å². The summed E-state index contributed by atoms with van der Waals surface area (Å²) in [6.45, 7) is -0.610. The molecule has 1 aromatic carbocycles. The molecule has 9 heteroatoms. The average Bonchev–Trinajstić information content (AvgIpc) is 3.34. The zero-order valence-electron chi connectivity index (χ0n) is 13.9. The number of nitrogens with one attached hydrogen (secondary N) is 1. The Morgan fingerprint density at radius 1 is 1.38 bits per heavy atom. The first-order chi connectivity index (χ1) is 12.3. The molecule has 26 heavy (non-hydrogen) atoms. The summed E-state index contributed by atoms with van der Waals surface area (Å²) in [4.78, 5) is 37.2. The van der Waals surface area contributed by atoms with E-state index in [1.165, 1.54) is 30.1 Å². The maximum Gasteiger partial charge on any atom is 0.350 e. The van der Waals surface area contributed by atoms with E-state index in [0.717, 1.165) is 24.2 Å². The van der Waals surface area contributed by atoms with Gasteiger partial charge >= 0.3 is 5.97 Å². The van der Waals surface area contributed by atoms with Gasteiger partial charge in [0, 0.05) is 23.2 Å². The highest BCUT2D eigenvalue weighted by Gasteiger charge is 2.25. The SMILES string of the molecule is CN(CC(=O)NC1CC1)C(=O)COC(=O)c1sc2cc(F)ccc2c1Cl. The highest BCUT2D eigenvalue weighted by molar-refractivity contribution is 7.21. The van der Waals surface area contributed by atoms with Gasteiger partial charge in [-0.1, -0.05) is 11.6 Å². The summed E-state index contributed by atoms with van der Waals surface area (Å²) < 4.78 is 18.8. The Morgan fingerprint density at radius 3 is 2.81 bits per heavy atom. The van der Waals surface area contributed by atoms with Crippen molar-refractivity contribution in [3.05, 3.63) is 33.9 Å². The van der Waals surface area contributed by atoms with Gasteiger partial charge in [-0.3, -0.25) is 9.59 Å². The van der Waals surface area contributed by atoms with Gasteiger partial charge < -0.3 is 15.0 Å². The second kappa shape index (κ2) is 7.59. The van der Waals surface area contributed by atoms with Crippen LogP contribution in [0, 0.1) is 5.82 Å². The molecule has 0 bridgehead atoms. The summed E-state index contributed by atoms with van der Waals surface area (Å²) >= 11 is 7.14. The summed E-state index contributed by atoms with van der Waals surface area (Å²) in [7, 11) is 1.46. The van der Waals surface area contributed by atoms with E-state index in [9.17, 15) is 18.8 Å². The van der Waals surface area contributed by atoms with Crippen molar-refractivity contribution in [1.82, 2.24) is 10.2 Å². The number of hydrogen-bond donors (Lipinski definition) is 1. The largest absolute Gasteiger partial charge is 0.451 e. The summed E-state index contributed by atoms with van der Waals surface area (Å²) in [6.07, 6.45) is 1.92. The van der Waals surface area contributed by atoms with E-state index in [1.54, 1.807) is 0 Å². The summed E-state index contributed by atoms with van der Waals surface area (Å²) in [5, 5.41) is 3.48. The molecule has 0 atom stereocenters. The molecule has 0 radical (unpaired) electrons. The second-order valence-electron chi connectivity index (χ2n) is 6.05. The van der Waals surface area contributed by atoms with Crippen LogP contribution >= 0.6 is 22.9 Å². The number of hydrogen-bond acceptors (Lipinski definition) is 5. The maximum atomic E-state index is 13.3. The van der Waals surface area contributed by atoms with Crippen LogP contribution in [-0.2, 0) is 14.3 Å². The Bertz CT molecular complexity index is 881. The van der Waals surface area contributed by atoms with Crippen LogP contribution in [0.4, 0.5) is 4.39 Å². The number of likely N-dealkylation sites (N-methyl/N-ethyl adjacent to an activating group) is 1. The lowest BCUT2D eigenvalue weighted by atomic mass is 10.2. The predicted molar refractivity (Wildman–Crippen MR) is 95.9 cm³/mol. The lowest BCUT2D eigenvalue weighted by molar-refractivity contribution is -0.137. The number of amides is 2. The molecule has 0 aliphatic heterocycles. The Kier molecular flexibility index (Phi) is 5.43. The number of esters is 1. The molecule has 2 aromatic rings. The minimum Gasteiger partial charge on any atom is -0.451 e. The predicted octanol–water partition coefficient (Wildman–Crippen LogP) is 2.59. The van der Waals surface area contributed by atoms with Crippen molar-refractivity contribution in [3.63, 3.8) is 0 Å². The average molecular weight is 399 g/mol. The van der Waals surface area contributed by atoms with E-state index in [1.807, 2.05) is 0 Å². The zero-order valence-corrected chi connectivity index (χ0v) is 15.5. The Morgan fingerprint density at radius 2 is 2.12 bits per heavy atom. The van der Waals surface area contributed by atoms with Gasteiger partial charge in [-0.15, -0.1) is 11.3 Å². The molecule has 2 amide bonds. The van der Waals surface area contributed by atoms with Gasteiger partial charge in [-0.05, 0) is 31.0 Å². The van der Waals surface area contributed by atoms with Crippen molar-refractivity contribution in [2.75, 3.05) is 20.2 Å². The van der Waals surface area contributed by atoms with Crippen molar-refractivity contribution in [2.45, 2.75) is 18.9 Å². The number of ether oxygens (including phenoxy) is 1. The smallest absolute Gasteiger partial charge is 0.350 e. The van der Waals surface area contributed by atoms with E-state index in [0.29, 0.717) is 10.1 Å². The number of benzene rings is 1. The topological polar surface area (TPSA) is 75.7 Å². The second-order valence-corrected chi connectivity index (χ2v) is 7.48. The number of carbonyl (C=O) groups is 3. The lowest BCUT2D eigenvalue weighted by Crippen LogP contribution is -2.40. The molecule has 138 valence electrons. The molecular weight excluding hydrogens is 383 g/mol. The van der Waals surface area contributed by atoms with Crippen LogP contribution in [0.15, 0.2) is 18.2 Å². The molecule has 1 fully saturated rings. The summed E-state index contributed by atoms with van der Waals surface area (Å²) in [5.74, 6) is -1.95. The molecule has 0 unspecified atom stereocenters.